The van der Waals surface area contributed by atoms with Crippen molar-refractivity contribution in [3.05, 3.63) is 52.9 Å². The van der Waals surface area contributed by atoms with Crippen molar-refractivity contribution in [1.82, 2.24) is 5.32 Å². The van der Waals surface area contributed by atoms with E-state index in [0.717, 1.165) is 25.7 Å². The molecule has 3 rings (SSSR count). The molecular formula is C20H24ClNO4S. The van der Waals surface area contributed by atoms with Crippen LogP contribution in [0.4, 0.5) is 0 Å². The van der Waals surface area contributed by atoms with Gasteiger partial charge in [-0.1, -0.05) is 43.7 Å². The maximum Gasteiger partial charge on any atom is 0.287 e. The molecular weight excluding hydrogens is 386 g/mol. The summed E-state index contributed by atoms with van der Waals surface area (Å²) in [5, 5.41) is 3.49. The number of carbonyl (C=O) groups excluding carboxylic acids is 1. The van der Waals surface area contributed by atoms with Crippen LogP contribution in [-0.4, -0.2) is 20.4 Å². The number of benzene rings is 1. The fraction of sp³-hybridized carbons (Fsp3) is 0.450. The third-order valence-corrected chi connectivity index (χ3v) is 6.74. The zero-order valence-electron chi connectivity index (χ0n) is 15.1. The largest absolute Gasteiger partial charge is 0.455 e. The number of sulfone groups is 1. The van der Waals surface area contributed by atoms with Crippen LogP contribution >= 0.6 is 11.6 Å². The Kier molecular flexibility index (Phi) is 6.60. The van der Waals surface area contributed by atoms with Gasteiger partial charge in [0.1, 0.15) is 11.5 Å². The topological polar surface area (TPSA) is 76.4 Å². The molecule has 146 valence electrons. The fourth-order valence-corrected chi connectivity index (χ4v) is 4.72. The zero-order valence-corrected chi connectivity index (χ0v) is 16.7. The molecule has 0 radical (unpaired) electrons. The van der Waals surface area contributed by atoms with Crippen LogP contribution in [0.25, 0.3) is 0 Å². The molecule has 1 fully saturated rings. The number of carbonyl (C=O) groups is 1. The van der Waals surface area contributed by atoms with Crippen molar-refractivity contribution in [3.63, 3.8) is 0 Å². The van der Waals surface area contributed by atoms with E-state index in [-0.39, 0.29) is 34.1 Å². The van der Waals surface area contributed by atoms with Crippen LogP contribution in [-0.2, 0) is 15.6 Å². The van der Waals surface area contributed by atoms with E-state index in [2.05, 4.69) is 5.32 Å². The zero-order chi connectivity index (χ0) is 19.3. The second kappa shape index (κ2) is 8.93. The Morgan fingerprint density at radius 1 is 1.00 bits per heavy atom. The maximum atomic E-state index is 12.5. The van der Waals surface area contributed by atoms with Crippen LogP contribution < -0.4 is 5.32 Å². The van der Waals surface area contributed by atoms with E-state index in [1.54, 1.807) is 6.07 Å². The van der Waals surface area contributed by atoms with Crippen LogP contribution in [0.15, 0.2) is 45.7 Å². The van der Waals surface area contributed by atoms with E-state index < -0.39 is 9.84 Å². The molecule has 7 heteroatoms. The first-order chi connectivity index (χ1) is 12.9. The lowest BCUT2D eigenvalue weighted by molar-refractivity contribution is 0.0901. The van der Waals surface area contributed by atoms with E-state index in [0.29, 0.717) is 5.02 Å². The first-order valence-electron chi connectivity index (χ1n) is 9.32. The summed E-state index contributed by atoms with van der Waals surface area (Å²) in [6.45, 7) is 0. The second-order valence-electron chi connectivity index (χ2n) is 6.99. The molecule has 1 aliphatic carbocycles. The van der Waals surface area contributed by atoms with Gasteiger partial charge in [0.15, 0.2) is 15.6 Å². The number of halogens is 1. The molecule has 0 aliphatic heterocycles. The van der Waals surface area contributed by atoms with Crippen molar-refractivity contribution in [1.29, 1.82) is 0 Å². The maximum absolute atomic E-state index is 12.5. The number of hydrogen-bond donors (Lipinski definition) is 1. The Bertz CT molecular complexity index is 866. The standard InChI is InChI=1S/C20H24ClNO4S/c21-15-8-11-18(12-9-15)27(24,25)14-17-10-13-19(26-17)20(23)22-16-6-4-2-1-3-5-7-16/h8-13,16H,1-7,14H2,(H,22,23). The molecule has 1 amide bonds. The lowest BCUT2D eigenvalue weighted by Gasteiger charge is -2.20. The monoisotopic (exact) mass is 409 g/mol. The number of hydrogen-bond acceptors (Lipinski definition) is 4. The van der Waals surface area contributed by atoms with Gasteiger partial charge in [-0.25, -0.2) is 8.42 Å². The van der Waals surface area contributed by atoms with Gasteiger partial charge in [-0.05, 0) is 49.2 Å². The third-order valence-electron chi connectivity index (χ3n) is 4.83. The van der Waals surface area contributed by atoms with Gasteiger partial charge < -0.3 is 9.73 Å². The molecule has 0 spiro atoms. The van der Waals surface area contributed by atoms with Crippen LogP contribution in [0.1, 0.15) is 61.3 Å². The Morgan fingerprint density at radius 2 is 1.63 bits per heavy atom. The Hall–Kier alpha value is -1.79. The van der Waals surface area contributed by atoms with Gasteiger partial charge in [0, 0.05) is 11.1 Å². The lowest BCUT2D eigenvalue weighted by atomic mass is 9.97. The highest BCUT2D eigenvalue weighted by Crippen LogP contribution is 2.21. The molecule has 1 aromatic heterocycles. The molecule has 0 bridgehead atoms. The molecule has 0 unspecified atom stereocenters. The first-order valence-corrected chi connectivity index (χ1v) is 11.3. The van der Waals surface area contributed by atoms with E-state index in [1.165, 1.54) is 49.6 Å². The summed E-state index contributed by atoms with van der Waals surface area (Å²) < 4.78 is 30.5. The Labute approximate surface area is 165 Å². The van der Waals surface area contributed by atoms with Crippen LogP contribution in [0.3, 0.4) is 0 Å². The van der Waals surface area contributed by atoms with Crippen LogP contribution in [0.5, 0.6) is 0 Å². The second-order valence-corrected chi connectivity index (χ2v) is 9.42. The highest BCUT2D eigenvalue weighted by molar-refractivity contribution is 7.90. The summed E-state index contributed by atoms with van der Waals surface area (Å²) in [5.74, 6) is -0.187. The van der Waals surface area contributed by atoms with Crippen molar-refractivity contribution in [2.24, 2.45) is 0 Å². The molecule has 1 saturated carbocycles. The Balaban J connectivity index is 1.63. The normalized spacial score (nSPS) is 16.5. The summed E-state index contributed by atoms with van der Waals surface area (Å²) in [4.78, 5) is 12.6. The first kappa shape index (κ1) is 20.0. The minimum absolute atomic E-state index is 0.151. The van der Waals surface area contributed by atoms with E-state index in [1.807, 2.05) is 0 Å². The third kappa shape index (κ3) is 5.59. The van der Waals surface area contributed by atoms with Gasteiger partial charge in [0.2, 0.25) is 0 Å². The number of amides is 1. The molecule has 27 heavy (non-hydrogen) atoms. The molecule has 2 aromatic rings. The van der Waals surface area contributed by atoms with E-state index in [4.69, 9.17) is 16.0 Å². The molecule has 1 N–H and O–H groups in total. The van der Waals surface area contributed by atoms with E-state index >= 15 is 0 Å². The van der Waals surface area contributed by atoms with Gasteiger partial charge >= 0.3 is 0 Å². The molecule has 1 aromatic carbocycles. The van der Waals surface area contributed by atoms with Crippen molar-refractivity contribution >= 4 is 27.3 Å². The average Bonchev–Trinajstić information content (AvgIpc) is 3.05. The van der Waals surface area contributed by atoms with Gasteiger partial charge in [-0.3, -0.25) is 4.79 Å². The summed E-state index contributed by atoms with van der Waals surface area (Å²) in [6, 6.07) is 9.22. The van der Waals surface area contributed by atoms with Crippen molar-refractivity contribution < 1.29 is 17.6 Å². The van der Waals surface area contributed by atoms with Crippen molar-refractivity contribution in [3.8, 4) is 0 Å². The van der Waals surface area contributed by atoms with Gasteiger partial charge in [-0.2, -0.15) is 0 Å². The van der Waals surface area contributed by atoms with Gasteiger partial charge in [0.25, 0.3) is 5.91 Å². The molecule has 0 saturated heterocycles. The fourth-order valence-electron chi connectivity index (χ4n) is 3.35. The quantitative estimate of drug-likeness (QED) is 0.773. The summed E-state index contributed by atoms with van der Waals surface area (Å²) in [7, 11) is -3.56. The minimum Gasteiger partial charge on any atom is -0.455 e. The number of rotatable bonds is 5. The lowest BCUT2D eigenvalue weighted by Crippen LogP contribution is -2.35. The summed E-state index contributed by atoms with van der Waals surface area (Å²) in [5.41, 5.74) is 0. The SMILES string of the molecule is O=C(NC1CCCCCCC1)c1ccc(CS(=O)(=O)c2ccc(Cl)cc2)o1. The molecule has 1 aliphatic rings. The van der Waals surface area contributed by atoms with Gasteiger partial charge in [-0.15, -0.1) is 0 Å². The van der Waals surface area contributed by atoms with E-state index in [9.17, 15) is 13.2 Å². The van der Waals surface area contributed by atoms with Crippen molar-refractivity contribution in [2.75, 3.05) is 0 Å². The van der Waals surface area contributed by atoms with Crippen LogP contribution in [0.2, 0.25) is 5.02 Å². The molecule has 5 nitrogen and oxygen atoms in total. The number of nitrogens with one attached hydrogen (secondary N) is 1. The molecule has 0 atom stereocenters. The average molecular weight is 410 g/mol. The smallest absolute Gasteiger partial charge is 0.287 e. The Morgan fingerprint density at radius 3 is 2.30 bits per heavy atom. The highest BCUT2D eigenvalue weighted by atomic mass is 35.5. The van der Waals surface area contributed by atoms with Gasteiger partial charge in [0.05, 0.1) is 4.90 Å². The molecule has 1 heterocycles. The predicted octanol–water partition coefficient (Wildman–Crippen LogP) is 4.75. The number of furan rings is 1. The van der Waals surface area contributed by atoms with Crippen molar-refractivity contribution in [2.45, 2.75) is 61.6 Å². The minimum atomic E-state index is -3.56. The highest BCUT2D eigenvalue weighted by Gasteiger charge is 2.21. The summed E-state index contributed by atoms with van der Waals surface area (Å²) >= 11 is 5.80. The predicted molar refractivity (Wildman–Crippen MR) is 105 cm³/mol. The summed E-state index contributed by atoms with van der Waals surface area (Å²) in [6.07, 6.45) is 7.87. The van der Waals surface area contributed by atoms with Crippen LogP contribution in [0, 0.1) is 0 Å².